The minimum atomic E-state index is -1.03. The first-order chi connectivity index (χ1) is 7.93. The molecular formula is C13H23NO3. The van der Waals surface area contributed by atoms with Gasteiger partial charge in [-0.2, -0.15) is 0 Å². The number of rotatable bonds is 5. The Balaban J connectivity index is 2.74. The van der Waals surface area contributed by atoms with Crippen molar-refractivity contribution in [3.8, 4) is 0 Å². The van der Waals surface area contributed by atoms with Crippen molar-refractivity contribution in [2.24, 2.45) is 11.8 Å². The maximum absolute atomic E-state index is 12.2. The summed E-state index contributed by atoms with van der Waals surface area (Å²) in [5.41, 5.74) is 0. The van der Waals surface area contributed by atoms with E-state index in [2.05, 4.69) is 13.8 Å². The monoisotopic (exact) mass is 241 g/mol. The molecule has 1 N–H and O–H groups in total. The first-order valence-corrected chi connectivity index (χ1v) is 6.46. The average molecular weight is 241 g/mol. The number of nitrogens with zero attached hydrogens (tertiary/aromatic N) is 1. The molecule has 1 rings (SSSR count). The fraction of sp³-hybridized carbons (Fsp3) is 0.846. The van der Waals surface area contributed by atoms with Crippen molar-refractivity contribution in [1.29, 1.82) is 0 Å². The molecule has 1 saturated carbocycles. The van der Waals surface area contributed by atoms with E-state index in [0.717, 1.165) is 25.7 Å². The molecule has 1 unspecified atom stereocenters. The van der Waals surface area contributed by atoms with Gasteiger partial charge in [-0.1, -0.05) is 26.7 Å². The summed E-state index contributed by atoms with van der Waals surface area (Å²) >= 11 is 0. The largest absolute Gasteiger partial charge is 0.481 e. The molecule has 1 fully saturated rings. The van der Waals surface area contributed by atoms with E-state index in [1.807, 2.05) is 0 Å². The standard InChI is InChI=1S/C13H23NO3/c1-9(2)8-14(11-6-4-5-7-11)12(15)10(3)13(16)17/h9-11H,4-8H2,1-3H3,(H,16,17). The summed E-state index contributed by atoms with van der Waals surface area (Å²) in [6.45, 7) is 6.26. The average Bonchev–Trinajstić information content (AvgIpc) is 2.76. The van der Waals surface area contributed by atoms with Crippen molar-refractivity contribution < 1.29 is 14.7 Å². The second-order valence-corrected chi connectivity index (χ2v) is 5.38. The van der Waals surface area contributed by atoms with Crippen LogP contribution in [0, 0.1) is 11.8 Å². The van der Waals surface area contributed by atoms with E-state index in [4.69, 9.17) is 5.11 Å². The Labute approximate surface area is 103 Å². The molecule has 0 aromatic rings. The van der Waals surface area contributed by atoms with Gasteiger partial charge in [-0.15, -0.1) is 0 Å². The van der Waals surface area contributed by atoms with Crippen LogP contribution in [0.1, 0.15) is 46.5 Å². The Bertz CT molecular complexity index is 282. The van der Waals surface area contributed by atoms with E-state index in [-0.39, 0.29) is 11.9 Å². The molecule has 1 amide bonds. The van der Waals surface area contributed by atoms with Crippen LogP contribution >= 0.6 is 0 Å². The van der Waals surface area contributed by atoms with Crippen LogP contribution in [0.5, 0.6) is 0 Å². The lowest BCUT2D eigenvalue weighted by molar-refractivity contribution is -0.151. The van der Waals surface area contributed by atoms with Gasteiger partial charge in [0.2, 0.25) is 5.91 Å². The normalized spacial score (nSPS) is 18.4. The molecule has 0 heterocycles. The molecule has 0 saturated heterocycles. The number of hydrogen-bond donors (Lipinski definition) is 1. The van der Waals surface area contributed by atoms with Crippen LogP contribution in [0.3, 0.4) is 0 Å². The van der Waals surface area contributed by atoms with Crippen LogP contribution in [-0.4, -0.2) is 34.5 Å². The molecule has 4 heteroatoms. The van der Waals surface area contributed by atoms with Gasteiger partial charge in [-0.25, -0.2) is 0 Å². The van der Waals surface area contributed by atoms with E-state index in [1.165, 1.54) is 6.92 Å². The number of hydrogen-bond acceptors (Lipinski definition) is 2. The van der Waals surface area contributed by atoms with Crippen LogP contribution in [0.15, 0.2) is 0 Å². The molecule has 17 heavy (non-hydrogen) atoms. The summed E-state index contributed by atoms with van der Waals surface area (Å²) in [6.07, 6.45) is 4.33. The van der Waals surface area contributed by atoms with Crippen molar-refractivity contribution in [3.05, 3.63) is 0 Å². The lowest BCUT2D eigenvalue weighted by Crippen LogP contribution is -2.45. The zero-order valence-electron chi connectivity index (χ0n) is 11.0. The Morgan fingerprint density at radius 3 is 2.18 bits per heavy atom. The summed E-state index contributed by atoms with van der Waals surface area (Å²) in [6, 6.07) is 0.256. The molecule has 98 valence electrons. The first-order valence-electron chi connectivity index (χ1n) is 6.46. The predicted molar refractivity (Wildman–Crippen MR) is 65.6 cm³/mol. The molecule has 1 atom stereocenters. The van der Waals surface area contributed by atoms with E-state index >= 15 is 0 Å². The Morgan fingerprint density at radius 1 is 1.24 bits per heavy atom. The van der Waals surface area contributed by atoms with Gasteiger partial charge in [0, 0.05) is 12.6 Å². The molecule has 1 aliphatic carbocycles. The van der Waals surface area contributed by atoms with Crippen molar-refractivity contribution in [1.82, 2.24) is 4.90 Å². The molecular weight excluding hydrogens is 218 g/mol. The topological polar surface area (TPSA) is 57.6 Å². The third kappa shape index (κ3) is 3.72. The van der Waals surface area contributed by atoms with Gasteiger partial charge in [-0.05, 0) is 25.7 Å². The van der Waals surface area contributed by atoms with E-state index < -0.39 is 11.9 Å². The van der Waals surface area contributed by atoms with Crippen LogP contribution in [0.2, 0.25) is 0 Å². The molecule has 0 aliphatic heterocycles. The van der Waals surface area contributed by atoms with E-state index in [9.17, 15) is 9.59 Å². The highest BCUT2D eigenvalue weighted by Gasteiger charge is 2.32. The molecule has 0 aromatic carbocycles. The predicted octanol–water partition coefficient (Wildman–Crippen LogP) is 2.13. The number of carboxylic acid groups (broad SMARTS) is 1. The highest BCUT2D eigenvalue weighted by atomic mass is 16.4. The van der Waals surface area contributed by atoms with Gasteiger partial charge >= 0.3 is 5.97 Å². The molecule has 1 aliphatic rings. The van der Waals surface area contributed by atoms with Crippen LogP contribution < -0.4 is 0 Å². The SMILES string of the molecule is CC(C)CN(C(=O)C(C)C(=O)O)C1CCCC1. The zero-order valence-corrected chi connectivity index (χ0v) is 11.0. The number of amides is 1. The van der Waals surface area contributed by atoms with Crippen LogP contribution in [0.4, 0.5) is 0 Å². The summed E-state index contributed by atoms with van der Waals surface area (Å²) in [5.74, 6) is -1.80. The fourth-order valence-corrected chi connectivity index (χ4v) is 2.38. The number of carboxylic acids is 1. The number of carbonyl (C=O) groups is 2. The Hall–Kier alpha value is -1.06. The summed E-state index contributed by atoms with van der Waals surface area (Å²) in [4.78, 5) is 24.9. The third-order valence-corrected chi connectivity index (χ3v) is 3.35. The minimum Gasteiger partial charge on any atom is -0.481 e. The molecule has 0 spiro atoms. The maximum atomic E-state index is 12.2. The first kappa shape index (κ1) is 14.0. The highest BCUT2D eigenvalue weighted by molar-refractivity contribution is 5.96. The van der Waals surface area contributed by atoms with Gasteiger partial charge in [0.05, 0.1) is 0 Å². The maximum Gasteiger partial charge on any atom is 0.315 e. The molecule has 0 aromatic heterocycles. The van der Waals surface area contributed by atoms with Gasteiger partial charge in [0.15, 0.2) is 0 Å². The number of aliphatic carboxylic acids is 1. The lowest BCUT2D eigenvalue weighted by atomic mass is 10.1. The minimum absolute atomic E-state index is 0.224. The second-order valence-electron chi connectivity index (χ2n) is 5.38. The van der Waals surface area contributed by atoms with Crippen molar-refractivity contribution in [3.63, 3.8) is 0 Å². The smallest absolute Gasteiger partial charge is 0.315 e. The Kier molecular flexibility index (Phi) is 4.97. The fourth-order valence-electron chi connectivity index (χ4n) is 2.38. The summed E-state index contributed by atoms with van der Waals surface area (Å²) < 4.78 is 0. The van der Waals surface area contributed by atoms with Gasteiger partial charge < -0.3 is 10.0 Å². The van der Waals surface area contributed by atoms with Crippen LogP contribution in [0.25, 0.3) is 0 Å². The van der Waals surface area contributed by atoms with Gasteiger partial charge in [0.25, 0.3) is 0 Å². The Morgan fingerprint density at radius 2 is 1.76 bits per heavy atom. The number of carbonyl (C=O) groups excluding carboxylic acids is 1. The quantitative estimate of drug-likeness (QED) is 0.750. The molecule has 4 nitrogen and oxygen atoms in total. The van der Waals surface area contributed by atoms with E-state index in [1.54, 1.807) is 4.90 Å². The van der Waals surface area contributed by atoms with Crippen LogP contribution in [-0.2, 0) is 9.59 Å². The second kappa shape index (κ2) is 6.03. The van der Waals surface area contributed by atoms with Gasteiger partial charge in [0.1, 0.15) is 5.92 Å². The third-order valence-electron chi connectivity index (χ3n) is 3.35. The zero-order chi connectivity index (χ0) is 13.0. The summed E-state index contributed by atoms with van der Waals surface area (Å²) in [5, 5.41) is 8.93. The molecule has 0 bridgehead atoms. The van der Waals surface area contributed by atoms with Gasteiger partial charge in [-0.3, -0.25) is 9.59 Å². The van der Waals surface area contributed by atoms with Crippen molar-refractivity contribution in [2.75, 3.05) is 6.54 Å². The highest BCUT2D eigenvalue weighted by Crippen LogP contribution is 2.25. The van der Waals surface area contributed by atoms with Crippen molar-refractivity contribution >= 4 is 11.9 Å². The van der Waals surface area contributed by atoms with E-state index in [0.29, 0.717) is 12.5 Å². The van der Waals surface area contributed by atoms with Crippen molar-refractivity contribution in [2.45, 2.75) is 52.5 Å². The lowest BCUT2D eigenvalue weighted by Gasteiger charge is -2.32. The summed E-state index contributed by atoms with van der Waals surface area (Å²) in [7, 11) is 0. The molecule has 0 radical (unpaired) electrons.